The summed E-state index contributed by atoms with van der Waals surface area (Å²) in [6.07, 6.45) is 2.66. The van der Waals surface area contributed by atoms with E-state index in [4.69, 9.17) is 17.0 Å². The second-order valence-electron chi connectivity index (χ2n) is 5.86. The van der Waals surface area contributed by atoms with Crippen LogP contribution in [0.1, 0.15) is 29.3 Å². The first-order valence-electron chi connectivity index (χ1n) is 8.56. The van der Waals surface area contributed by atoms with Crippen molar-refractivity contribution in [3.8, 4) is 5.75 Å². The molecule has 1 heterocycles. The van der Waals surface area contributed by atoms with Gasteiger partial charge in [-0.25, -0.2) is 0 Å². The fraction of sp³-hybridized carbons (Fsp3) is 0.150. The summed E-state index contributed by atoms with van der Waals surface area (Å²) >= 11 is 9.89. The summed E-state index contributed by atoms with van der Waals surface area (Å²) in [7, 11) is 0. The van der Waals surface area contributed by atoms with Crippen LogP contribution in [0.3, 0.4) is 0 Å². The van der Waals surface area contributed by atoms with Crippen LogP contribution in [-0.4, -0.2) is 27.8 Å². The van der Waals surface area contributed by atoms with Gasteiger partial charge in [-0.05, 0) is 70.5 Å². The number of thiocarbonyl (C=S) groups is 1. The molecule has 2 aromatic carbocycles. The number of amides is 2. The maximum absolute atomic E-state index is 12.7. The summed E-state index contributed by atoms with van der Waals surface area (Å²) in [6.45, 7) is 2.68. The Morgan fingerprint density at radius 3 is 2.71 bits per heavy atom. The lowest BCUT2D eigenvalue weighted by Crippen LogP contribution is -2.44. The van der Waals surface area contributed by atoms with Gasteiger partial charge in [-0.15, -0.1) is 0 Å². The van der Waals surface area contributed by atoms with E-state index >= 15 is 0 Å². The number of nitrogens with one attached hydrogen (secondary N) is 1. The summed E-state index contributed by atoms with van der Waals surface area (Å²) in [4.78, 5) is 25.4. The lowest BCUT2D eigenvalue weighted by Gasteiger charge is -2.15. The highest BCUT2D eigenvalue weighted by atomic mass is 79.9. The van der Waals surface area contributed by atoms with Gasteiger partial charge in [-0.2, -0.15) is 5.01 Å². The van der Waals surface area contributed by atoms with Crippen molar-refractivity contribution in [3.05, 3.63) is 69.0 Å². The average Bonchev–Trinajstić information content (AvgIpc) is 2.95. The van der Waals surface area contributed by atoms with Gasteiger partial charge in [0.25, 0.3) is 11.8 Å². The van der Waals surface area contributed by atoms with Crippen molar-refractivity contribution in [2.45, 2.75) is 13.3 Å². The van der Waals surface area contributed by atoms with Gasteiger partial charge in [-0.1, -0.05) is 43.0 Å². The Bertz CT molecular complexity index is 948. The monoisotopic (exact) mass is 476 g/mol. The Balaban J connectivity index is 1.74. The summed E-state index contributed by atoms with van der Waals surface area (Å²) in [6, 6.07) is 14.3. The van der Waals surface area contributed by atoms with Gasteiger partial charge in [0.1, 0.15) is 5.75 Å². The number of thioether (sulfide) groups is 1. The van der Waals surface area contributed by atoms with Crippen molar-refractivity contribution in [2.24, 2.45) is 0 Å². The standard InChI is InChI=1S/C20H17BrN2O3S2/c1-2-10-26-16-9-8-13(11-15(16)21)12-17-19(25)23(20(27)28-17)22-18(24)14-6-4-3-5-7-14/h3-9,11-12H,2,10H2,1H3,(H,22,24)/b17-12-. The SMILES string of the molecule is CCCOc1ccc(/C=C2\SC(=S)N(NC(=O)c3ccccc3)C2=O)cc1Br. The highest BCUT2D eigenvalue weighted by Crippen LogP contribution is 2.33. The number of benzene rings is 2. The molecule has 0 aromatic heterocycles. The fourth-order valence-corrected chi connectivity index (χ4v) is 4.10. The quantitative estimate of drug-likeness (QED) is 0.479. The van der Waals surface area contributed by atoms with Gasteiger partial charge in [-0.3, -0.25) is 15.0 Å². The molecular weight excluding hydrogens is 460 g/mol. The molecule has 1 fully saturated rings. The van der Waals surface area contributed by atoms with Crippen LogP contribution in [0, 0.1) is 0 Å². The first-order valence-corrected chi connectivity index (χ1v) is 10.6. The molecule has 0 radical (unpaired) electrons. The van der Waals surface area contributed by atoms with E-state index in [0.29, 0.717) is 17.1 Å². The number of hydrogen-bond donors (Lipinski definition) is 1. The molecule has 2 aromatic rings. The molecule has 1 aliphatic rings. The van der Waals surface area contributed by atoms with E-state index in [2.05, 4.69) is 21.4 Å². The van der Waals surface area contributed by atoms with Crippen LogP contribution in [0.15, 0.2) is 57.9 Å². The van der Waals surface area contributed by atoms with Crippen LogP contribution in [0.5, 0.6) is 5.75 Å². The summed E-state index contributed by atoms with van der Waals surface area (Å²) in [5.41, 5.74) is 3.84. The Morgan fingerprint density at radius 1 is 1.29 bits per heavy atom. The zero-order chi connectivity index (χ0) is 20.1. The van der Waals surface area contributed by atoms with E-state index in [1.807, 2.05) is 31.2 Å². The molecule has 0 bridgehead atoms. The number of carbonyl (C=O) groups excluding carboxylic acids is 2. The van der Waals surface area contributed by atoms with Gasteiger partial charge in [0.2, 0.25) is 0 Å². The molecule has 1 aliphatic heterocycles. The molecule has 2 amide bonds. The largest absolute Gasteiger partial charge is 0.492 e. The summed E-state index contributed by atoms with van der Waals surface area (Å²) in [5, 5.41) is 1.11. The van der Waals surface area contributed by atoms with Crippen molar-refractivity contribution in [2.75, 3.05) is 6.61 Å². The highest BCUT2D eigenvalue weighted by Gasteiger charge is 2.33. The van der Waals surface area contributed by atoms with Crippen LogP contribution < -0.4 is 10.2 Å². The highest BCUT2D eigenvalue weighted by molar-refractivity contribution is 9.10. The zero-order valence-electron chi connectivity index (χ0n) is 15.0. The molecule has 0 saturated carbocycles. The maximum atomic E-state index is 12.7. The third kappa shape index (κ3) is 4.81. The Hall–Kier alpha value is -2.16. The predicted molar refractivity (Wildman–Crippen MR) is 119 cm³/mol. The van der Waals surface area contributed by atoms with Crippen molar-refractivity contribution in [1.82, 2.24) is 10.4 Å². The van der Waals surface area contributed by atoms with Crippen LogP contribution >= 0.6 is 39.9 Å². The van der Waals surface area contributed by atoms with E-state index in [0.717, 1.165) is 39.0 Å². The van der Waals surface area contributed by atoms with Crippen molar-refractivity contribution < 1.29 is 14.3 Å². The molecule has 0 aliphatic carbocycles. The van der Waals surface area contributed by atoms with Gasteiger partial charge in [0.15, 0.2) is 4.32 Å². The second-order valence-corrected chi connectivity index (χ2v) is 8.39. The van der Waals surface area contributed by atoms with Crippen LogP contribution in [0.2, 0.25) is 0 Å². The van der Waals surface area contributed by atoms with Gasteiger partial charge in [0.05, 0.1) is 16.0 Å². The van der Waals surface area contributed by atoms with E-state index < -0.39 is 5.91 Å². The fourth-order valence-electron chi connectivity index (χ4n) is 2.41. The number of ether oxygens (including phenoxy) is 1. The first-order chi connectivity index (χ1) is 13.5. The Kier molecular flexibility index (Phi) is 6.88. The van der Waals surface area contributed by atoms with E-state index in [1.54, 1.807) is 30.3 Å². The number of hydrazine groups is 1. The minimum atomic E-state index is -0.390. The van der Waals surface area contributed by atoms with E-state index in [1.165, 1.54) is 0 Å². The summed E-state index contributed by atoms with van der Waals surface area (Å²) in [5.74, 6) is 0.00158. The van der Waals surface area contributed by atoms with Gasteiger partial charge >= 0.3 is 0 Å². The predicted octanol–water partition coefficient (Wildman–Crippen LogP) is 4.78. The number of hydrogen-bond acceptors (Lipinski definition) is 5. The molecule has 1 saturated heterocycles. The topological polar surface area (TPSA) is 58.6 Å². The van der Waals surface area contributed by atoms with Crippen molar-refractivity contribution in [3.63, 3.8) is 0 Å². The minimum Gasteiger partial charge on any atom is -0.492 e. The van der Waals surface area contributed by atoms with E-state index in [-0.39, 0.29) is 10.2 Å². The molecule has 144 valence electrons. The molecule has 1 N–H and O–H groups in total. The summed E-state index contributed by atoms with van der Waals surface area (Å²) < 4.78 is 6.72. The minimum absolute atomic E-state index is 0.280. The molecule has 8 heteroatoms. The lowest BCUT2D eigenvalue weighted by molar-refractivity contribution is -0.123. The number of rotatable bonds is 6. The third-order valence-electron chi connectivity index (χ3n) is 3.76. The molecule has 0 spiro atoms. The van der Waals surface area contributed by atoms with Gasteiger partial charge < -0.3 is 4.74 Å². The van der Waals surface area contributed by atoms with Gasteiger partial charge in [0, 0.05) is 5.56 Å². The molecule has 3 rings (SSSR count). The third-order valence-corrected chi connectivity index (χ3v) is 5.68. The first kappa shape index (κ1) is 20.6. The zero-order valence-corrected chi connectivity index (χ0v) is 18.2. The van der Waals surface area contributed by atoms with Crippen LogP contribution in [0.25, 0.3) is 6.08 Å². The maximum Gasteiger partial charge on any atom is 0.285 e. The average molecular weight is 477 g/mol. The Morgan fingerprint density at radius 2 is 2.04 bits per heavy atom. The molecular formula is C20H17BrN2O3S2. The van der Waals surface area contributed by atoms with E-state index in [9.17, 15) is 9.59 Å². The smallest absolute Gasteiger partial charge is 0.285 e. The number of carbonyl (C=O) groups is 2. The van der Waals surface area contributed by atoms with Crippen LogP contribution in [0.4, 0.5) is 0 Å². The molecule has 0 unspecified atom stereocenters. The number of halogens is 1. The Labute approximate surface area is 181 Å². The molecule has 28 heavy (non-hydrogen) atoms. The molecule has 5 nitrogen and oxygen atoms in total. The van der Waals surface area contributed by atoms with Crippen LogP contribution in [-0.2, 0) is 4.79 Å². The second kappa shape index (κ2) is 9.36. The lowest BCUT2D eigenvalue weighted by atomic mass is 10.2. The molecule has 0 atom stereocenters. The number of nitrogens with zero attached hydrogens (tertiary/aromatic N) is 1. The van der Waals surface area contributed by atoms with Crippen molar-refractivity contribution >= 4 is 62.1 Å². The normalized spacial score (nSPS) is 15.2. The van der Waals surface area contributed by atoms with Crippen molar-refractivity contribution in [1.29, 1.82) is 0 Å².